The summed E-state index contributed by atoms with van der Waals surface area (Å²) < 4.78 is 5.88. The molecule has 1 saturated carbocycles. The van der Waals surface area contributed by atoms with E-state index >= 15 is 0 Å². The Morgan fingerprint density at radius 2 is 2.06 bits per heavy atom. The number of fused-ring (bicyclic) bond motifs is 2. The predicted octanol–water partition coefficient (Wildman–Crippen LogP) is -1.67. The average molecular weight is 298 g/mol. The Kier molecular flexibility index (Phi) is 2.87. The summed E-state index contributed by atoms with van der Waals surface area (Å²) in [4.78, 5) is 11.4. The zero-order valence-corrected chi connectivity index (χ0v) is 9.74. The minimum Gasteiger partial charge on any atom is -0.437 e. The van der Waals surface area contributed by atoms with E-state index in [2.05, 4.69) is 16.1 Å². The number of rotatable bonds is 1. The van der Waals surface area contributed by atoms with Gasteiger partial charge in [-0.15, -0.1) is 0 Å². The third-order valence-electron chi connectivity index (χ3n) is 3.19. The number of carbonyl (C=O) groups is 1. The van der Waals surface area contributed by atoms with E-state index in [9.17, 15) is 25.2 Å². The maximum Gasteiger partial charge on any atom is 0.420 e. The molecule has 2 rings (SSSR count). The van der Waals surface area contributed by atoms with E-state index in [1.54, 1.807) is 0 Å². The molecule has 92 valence electrons. The molecule has 2 bridgehead atoms. The van der Waals surface area contributed by atoms with Crippen molar-refractivity contribution in [2.24, 2.45) is 0 Å². The van der Waals surface area contributed by atoms with E-state index in [4.69, 9.17) is 4.74 Å². The molecule has 5 unspecified atom stereocenters. The van der Waals surface area contributed by atoms with E-state index in [1.165, 1.54) is 0 Å². The third kappa shape index (κ3) is 1.45. The van der Waals surface area contributed by atoms with Gasteiger partial charge >= 0.3 is 6.09 Å². The number of hydrogen-bond acceptors (Lipinski definition) is 6. The number of carbonyl (C=O) groups excluding carboxylic acids is 1. The van der Waals surface area contributed by atoms with Gasteiger partial charge in [-0.25, -0.2) is 8.72 Å². The van der Waals surface area contributed by atoms with Crippen LogP contribution in [0.3, 0.4) is 0 Å². The number of amides is 1. The monoisotopic (exact) mass is 297 g/mol. The Morgan fingerprint density at radius 3 is 2.62 bits per heavy atom. The number of hydrogen-bond donors (Lipinski definition) is 4. The molecular formula is C8H12BrNO6. The molecule has 1 saturated heterocycles. The van der Waals surface area contributed by atoms with Crippen LogP contribution >= 0.6 is 16.1 Å². The van der Waals surface area contributed by atoms with Crippen LogP contribution in [0.1, 0.15) is 6.42 Å². The van der Waals surface area contributed by atoms with E-state index in [1.807, 2.05) is 0 Å². The summed E-state index contributed by atoms with van der Waals surface area (Å²) in [6, 6.07) is -0.744. The molecule has 1 aliphatic heterocycles. The largest absolute Gasteiger partial charge is 0.437 e. The van der Waals surface area contributed by atoms with Gasteiger partial charge in [-0.05, 0) is 0 Å². The van der Waals surface area contributed by atoms with Gasteiger partial charge in [0.05, 0.1) is 28.8 Å². The highest BCUT2D eigenvalue weighted by Crippen LogP contribution is 2.40. The second-order valence-corrected chi connectivity index (χ2v) is 4.86. The van der Waals surface area contributed by atoms with Gasteiger partial charge in [-0.2, -0.15) is 0 Å². The molecule has 0 radical (unpaired) electrons. The van der Waals surface area contributed by atoms with E-state index in [-0.39, 0.29) is 6.42 Å². The van der Waals surface area contributed by atoms with Gasteiger partial charge in [0.2, 0.25) is 0 Å². The fourth-order valence-corrected chi connectivity index (χ4v) is 2.64. The van der Waals surface area contributed by atoms with Crippen molar-refractivity contribution in [1.29, 1.82) is 0 Å². The van der Waals surface area contributed by atoms with Crippen molar-refractivity contribution >= 4 is 22.2 Å². The molecule has 2 aliphatic rings. The maximum atomic E-state index is 11.4. The molecule has 4 N–H and O–H groups in total. The summed E-state index contributed by atoms with van der Waals surface area (Å²) in [5.74, 6) is 0. The van der Waals surface area contributed by atoms with Crippen molar-refractivity contribution in [3.05, 3.63) is 0 Å². The quantitative estimate of drug-likeness (QED) is 0.431. The van der Waals surface area contributed by atoms with Gasteiger partial charge in [-0.3, -0.25) is 0 Å². The van der Waals surface area contributed by atoms with Crippen molar-refractivity contribution in [1.82, 2.24) is 3.93 Å². The molecule has 16 heavy (non-hydrogen) atoms. The number of halogens is 1. The third-order valence-corrected chi connectivity index (χ3v) is 4.00. The van der Waals surface area contributed by atoms with E-state index < -0.39 is 42.7 Å². The maximum absolute atomic E-state index is 11.4. The summed E-state index contributed by atoms with van der Waals surface area (Å²) in [6.45, 7) is -0.610. The normalized spacial score (nSPS) is 47.8. The lowest BCUT2D eigenvalue weighted by Crippen LogP contribution is -2.71. The van der Waals surface area contributed by atoms with Crippen molar-refractivity contribution in [3.8, 4) is 0 Å². The van der Waals surface area contributed by atoms with Crippen LogP contribution in [0.25, 0.3) is 0 Å². The second-order valence-electron chi connectivity index (χ2n) is 4.10. The van der Waals surface area contributed by atoms with Crippen LogP contribution in [0.5, 0.6) is 0 Å². The first kappa shape index (κ1) is 12.1. The van der Waals surface area contributed by atoms with Crippen LogP contribution < -0.4 is 0 Å². The van der Waals surface area contributed by atoms with Crippen LogP contribution in [0.2, 0.25) is 0 Å². The molecule has 1 heterocycles. The van der Waals surface area contributed by atoms with Crippen molar-refractivity contribution in [3.63, 3.8) is 0 Å². The van der Waals surface area contributed by atoms with Crippen molar-refractivity contribution in [2.45, 2.75) is 36.4 Å². The van der Waals surface area contributed by atoms with Crippen LogP contribution in [-0.4, -0.2) is 67.0 Å². The second kappa shape index (κ2) is 3.81. The zero-order chi connectivity index (χ0) is 12.1. The highest BCUT2D eigenvalue weighted by Gasteiger charge is 2.60. The smallest absolute Gasteiger partial charge is 0.420 e. The zero-order valence-electron chi connectivity index (χ0n) is 8.15. The first-order valence-corrected chi connectivity index (χ1v) is 5.47. The summed E-state index contributed by atoms with van der Waals surface area (Å²) in [6.07, 6.45) is -5.04. The lowest BCUT2D eigenvalue weighted by molar-refractivity contribution is -0.229. The Bertz CT molecular complexity index is 315. The summed E-state index contributed by atoms with van der Waals surface area (Å²) in [5.41, 5.74) is -1.54. The van der Waals surface area contributed by atoms with Crippen LogP contribution in [-0.2, 0) is 4.74 Å². The Balaban J connectivity index is 2.37. The molecule has 2 fully saturated rings. The molecule has 0 aromatic carbocycles. The summed E-state index contributed by atoms with van der Waals surface area (Å²) in [7, 11) is 0. The SMILES string of the molecule is O=C1OC2(CO)CC(C(O)C(O)C2O)N1Br. The molecule has 8 heteroatoms. The summed E-state index contributed by atoms with van der Waals surface area (Å²) in [5, 5.41) is 38.2. The van der Waals surface area contributed by atoms with Crippen molar-refractivity contribution < 1.29 is 30.0 Å². The fourth-order valence-electron chi connectivity index (χ4n) is 2.18. The predicted molar refractivity (Wildman–Crippen MR) is 53.5 cm³/mol. The van der Waals surface area contributed by atoms with Gasteiger partial charge in [0.25, 0.3) is 0 Å². The number of aliphatic hydroxyl groups excluding tert-OH is 4. The van der Waals surface area contributed by atoms with Crippen molar-refractivity contribution in [2.75, 3.05) is 6.61 Å². The molecule has 7 nitrogen and oxygen atoms in total. The van der Waals surface area contributed by atoms with Gasteiger partial charge in [0.1, 0.15) is 18.3 Å². The topological polar surface area (TPSA) is 110 Å². The van der Waals surface area contributed by atoms with Gasteiger partial charge in [0.15, 0.2) is 5.60 Å². The standard InChI is InChI=1S/C8H12BrNO6/c9-10-3-1-8(2-11,16-7(10)15)6(14)5(13)4(3)12/h3-6,11-14H,1-2H2. The minimum absolute atomic E-state index is 0.0416. The lowest BCUT2D eigenvalue weighted by Gasteiger charge is -2.52. The Labute approximate surface area is 99.6 Å². The average Bonchev–Trinajstić information content (AvgIpc) is 2.28. The lowest BCUT2D eigenvalue weighted by atomic mass is 9.75. The van der Waals surface area contributed by atoms with Crippen LogP contribution in [0.4, 0.5) is 4.79 Å². The number of nitrogens with zero attached hydrogens (tertiary/aromatic N) is 1. The Hall–Kier alpha value is -0.410. The molecule has 1 aliphatic carbocycles. The first-order chi connectivity index (χ1) is 7.43. The molecule has 5 atom stereocenters. The fraction of sp³-hybridized carbons (Fsp3) is 0.875. The van der Waals surface area contributed by atoms with Crippen LogP contribution in [0, 0.1) is 0 Å². The van der Waals surface area contributed by atoms with Gasteiger partial charge in [0, 0.05) is 6.42 Å². The number of aliphatic hydroxyl groups is 4. The minimum atomic E-state index is -1.54. The van der Waals surface area contributed by atoms with E-state index in [0.29, 0.717) is 0 Å². The molecule has 0 spiro atoms. The first-order valence-electron chi connectivity index (χ1n) is 4.76. The van der Waals surface area contributed by atoms with E-state index in [0.717, 1.165) is 3.93 Å². The Morgan fingerprint density at radius 1 is 1.44 bits per heavy atom. The molecule has 1 amide bonds. The summed E-state index contributed by atoms with van der Waals surface area (Å²) >= 11 is 2.91. The molecule has 0 aromatic rings. The highest BCUT2D eigenvalue weighted by atomic mass is 79.9. The number of ether oxygens (including phenoxy) is 1. The van der Waals surface area contributed by atoms with Gasteiger partial charge < -0.3 is 25.2 Å². The molecular weight excluding hydrogens is 286 g/mol. The van der Waals surface area contributed by atoms with Gasteiger partial charge in [-0.1, -0.05) is 0 Å². The van der Waals surface area contributed by atoms with Crippen LogP contribution in [0.15, 0.2) is 0 Å². The molecule has 0 aromatic heterocycles. The highest BCUT2D eigenvalue weighted by molar-refractivity contribution is 9.07.